The molecule has 2 N–H and O–H groups in total. The Morgan fingerprint density at radius 3 is 3.12 bits per heavy atom. The molecule has 0 aliphatic carbocycles. The minimum Gasteiger partial charge on any atom is -0.381 e. The van der Waals surface area contributed by atoms with Gasteiger partial charge in [-0.1, -0.05) is 0 Å². The zero-order chi connectivity index (χ0) is 11.7. The molecular formula is C13H13N3S. The monoisotopic (exact) mass is 243 g/mol. The minimum absolute atomic E-state index is 0.863. The molecule has 86 valence electrons. The Bertz CT molecular complexity index is 625. The lowest BCUT2D eigenvalue weighted by atomic mass is 10.2. The van der Waals surface area contributed by atoms with Crippen LogP contribution in [0, 0.1) is 6.92 Å². The van der Waals surface area contributed by atoms with E-state index in [0.29, 0.717) is 0 Å². The molecular weight excluding hydrogens is 230 g/mol. The van der Waals surface area contributed by atoms with Crippen LogP contribution in [0.25, 0.3) is 11.0 Å². The third-order valence-electron chi connectivity index (χ3n) is 2.68. The van der Waals surface area contributed by atoms with Crippen molar-refractivity contribution < 1.29 is 0 Å². The summed E-state index contributed by atoms with van der Waals surface area (Å²) in [7, 11) is 0. The minimum atomic E-state index is 0.863. The highest BCUT2D eigenvalue weighted by Gasteiger charge is 2.00. The molecule has 0 aliphatic heterocycles. The fraction of sp³-hybridized carbons (Fsp3) is 0.154. The highest BCUT2D eigenvalue weighted by molar-refractivity contribution is 7.07. The van der Waals surface area contributed by atoms with E-state index in [1.807, 2.05) is 13.0 Å². The van der Waals surface area contributed by atoms with E-state index in [2.05, 4.69) is 44.2 Å². The summed E-state index contributed by atoms with van der Waals surface area (Å²) in [6.07, 6.45) is 0. The van der Waals surface area contributed by atoms with Crippen LogP contribution >= 0.6 is 11.3 Å². The van der Waals surface area contributed by atoms with Crippen LogP contribution in [0.1, 0.15) is 11.4 Å². The molecule has 4 heteroatoms. The first kappa shape index (κ1) is 10.4. The highest BCUT2D eigenvalue weighted by Crippen LogP contribution is 2.18. The third kappa shape index (κ3) is 2.17. The van der Waals surface area contributed by atoms with Gasteiger partial charge in [0.2, 0.25) is 0 Å². The molecule has 3 rings (SSSR count). The molecule has 0 atom stereocenters. The van der Waals surface area contributed by atoms with Crippen molar-refractivity contribution in [3.05, 3.63) is 46.4 Å². The zero-order valence-electron chi connectivity index (χ0n) is 9.53. The first-order valence-corrected chi connectivity index (χ1v) is 6.47. The Hall–Kier alpha value is -1.81. The van der Waals surface area contributed by atoms with Gasteiger partial charge in [0.05, 0.1) is 11.0 Å². The summed E-state index contributed by atoms with van der Waals surface area (Å²) in [4.78, 5) is 7.63. The van der Waals surface area contributed by atoms with Gasteiger partial charge in [-0.25, -0.2) is 4.98 Å². The number of anilines is 1. The number of fused-ring (bicyclic) bond motifs is 1. The summed E-state index contributed by atoms with van der Waals surface area (Å²) in [5.74, 6) is 0.954. The van der Waals surface area contributed by atoms with Gasteiger partial charge in [-0.2, -0.15) is 11.3 Å². The number of thiophene rings is 1. The number of benzene rings is 1. The first-order chi connectivity index (χ1) is 8.31. The van der Waals surface area contributed by atoms with Crippen LogP contribution in [0.5, 0.6) is 0 Å². The average Bonchev–Trinajstić information content (AvgIpc) is 2.92. The predicted octanol–water partition coefficient (Wildman–Crippen LogP) is 3.54. The number of rotatable bonds is 3. The van der Waals surface area contributed by atoms with Crippen molar-refractivity contribution in [3.63, 3.8) is 0 Å². The number of hydrogen-bond acceptors (Lipinski definition) is 3. The van der Waals surface area contributed by atoms with E-state index in [1.165, 1.54) is 5.56 Å². The third-order valence-corrected chi connectivity index (χ3v) is 3.41. The zero-order valence-corrected chi connectivity index (χ0v) is 10.3. The van der Waals surface area contributed by atoms with E-state index >= 15 is 0 Å². The molecule has 0 saturated heterocycles. The molecule has 0 spiro atoms. The molecule has 1 aromatic carbocycles. The lowest BCUT2D eigenvalue weighted by Gasteiger charge is -2.04. The van der Waals surface area contributed by atoms with Crippen molar-refractivity contribution in [1.29, 1.82) is 0 Å². The van der Waals surface area contributed by atoms with Gasteiger partial charge >= 0.3 is 0 Å². The Kier molecular flexibility index (Phi) is 2.57. The molecule has 2 heterocycles. The van der Waals surface area contributed by atoms with Crippen molar-refractivity contribution in [2.24, 2.45) is 0 Å². The number of H-pyrrole nitrogens is 1. The smallest absolute Gasteiger partial charge is 0.104 e. The van der Waals surface area contributed by atoms with E-state index < -0.39 is 0 Å². The van der Waals surface area contributed by atoms with Crippen LogP contribution < -0.4 is 5.32 Å². The van der Waals surface area contributed by atoms with E-state index in [0.717, 1.165) is 29.1 Å². The van der Waals surface area contributed by atoms with Gasteiger partial charge in [-0.3, -0.25) is 0 Å². The van der Waals surface area contributed by atoms with Gasteiger partial charge < -0.3 is 10.3 Å². The SMILES string of the molecule is Cc1nc2ccc(NCc3ccsc3)cc2[nH]1. The lowest BCUT2D eigenvalue weighted by Crippen LogP contribution is -1.97. The van der Waals surface area contributed by atoms with Gasteiger partial charge in [0.1, 0.15) is 5.82 Å². The number of aromatic nitrogens is 2. The number of aromatic amines is 1. The standard InChI is InChI=1S/C13H13N3S/c1-9-15-12-3-2-11(6-13(12)16-9)14-7-10-4-5-17-8-10/h2-6,8,14H,7H2,1H3,(H,15,16). The first-order valence-electron chi connectivity index (χ1n) is 5.52. The fourth-order valence-electron chi connectivity index (χ4n) is 1.84. The van der Waals surface area contributed by atoms with E-state index in [1.54, 1.807) is 11.3 Å². The Balaban J connectivity index is 1.81. The van der Waals surface area contributed by atoms with Crippen molar-refractivity contribution >= 4 is 28.1 Å². The van der Waals surface area contributed by atoms with Crippen LogP contribution in [-0.4, -0.2) is 9.97 Å². The van der Waals surface area contributed by atoms with Crippen molar-refractivity contribution in [1.82, 2.24) is 9.97 Å². The van der Waals surface area contributed by atoms with E-state index in [4.69, 9.17) is 0 Å². The Labute approximate surface area is 104 Å². The molecule has 2 aromatic heterocycles. The summed E-state index contributed by atoms with van der Waals surface area (Å²) < 4.78 is 0. The van der Waals surface area contributed by atoms with E-state index in [9.17, 15) is 0 Å². The maximum absolute atomic E-state index is 4.38. The number of nitrogens with one attached hydrogen (secondary N) is 2. The molecule has 17 heavy (non-hydrogen) atoms. The van der Waals surface area contributed by atoms with Crippen LogP contribution in [0.15, 0.2) is 35.0 Å². The number of imidazole rings is 1. The van der Waals surface area contributed by atoms with Crippen molar-refractivity contribution in [2.75, 3.05) is 5.32 Å². The normalized spacial score (nSPS) is 10.9. The topological polar surface area (TPSA) is 40.7 Å². The molecule has 0 amide bonds. The van der Waals surface area contributed by atoms with Gasteiger partial charge in [0, 0.05) is 12.2 Å². The molecule has 0 radical (unpaired) electrons. The van der Waals surface area contributed by atoms with Crippen LogP contribution in [0.3, 0.4) is 0 Å². The quantitative estimate of drug-likeness (QED) is 0.738. The van der Waals surface area contributed by atoms with Crippen LogP contribution in [-0.2, 0) is 6.54 Å². The van der Waals surface area contributed by atoms with Gasteiger partial charge in [0.25, 0.3) is 0 Å². The maximum atomic E-state index is 4.38. The fourth-order valence-corrected chi connectivity index (χ4v) is 2.51. The Morgan fingerprint density at radius 2 is 2.29 bits per heavy atom. The number of nitrogens with zero attached hydrogens (tertiary/aromatic N) is 1. The second-order valence-corrected chi connectivity index (χ2v) is 4.82. The second kappa shape index (κ2) is 4.22. The largest absolute Gasteiger partial charge is 0.381 e. The summed E-state index contributed by atoms with van der Waals surface area (Å²) in [5.41, 5.74) is 4.53. The highest BCUT2D eigenvalue weighted by atomic mass is 32.1. The van der Waals surface area contributed by atoms with Crippen LogP contribution in [0.2, 0.25) is 0 Å². The van der Waals surface area contributed by atoms with Crippen LogP contribution in [0.4, 0.5) is 5.69 Å². The van der Waals surface area contributed by atoms with E-state index in [-0.39, 0.29) is 0 Å². The molecule has 0 unspecified atom stereocenters. The van der Waals surface area contributed by atoms with Crippen molar-refractivity contribution in [2.45, 2.75) is 13.5 Å². The molecule has 0 fully saturated rings. The summed E-state index contributed by atoms with van der Waals surface area (Å²) in [6, 6.07) is 8.34. The second-order valence-electron chi connectivity index (χ2n) is 4.04. The van der Waals surface area contributed by atoms with Crippen molar-refractivity contribution in [3.8, 4) is 0 Å². The predicted molar refractivity (Wildman–Crippen MR) is 72.5 cm³/mol. The molecule has 0 saturated carbocycles. The summed E-state index contributed by atoms with van der Waals surface area (Å²) in [5, 5.41) is 7.66. The number of aryl methyl sites for hydroxylation is 1. The lowest BCUT2D eigenvalue weighted by molar-refractivity contribution is 1.16. The molecule has 0 aliphatic rings. The maximum Gasteiger partial charge on any atom is 0.104 e. The van der Waals surface area contributed by atoms with Gasteiger partial charge in [0.15, 0.2) is 0 Å². The average molecular weight is 243 g/mol. The molecule has 3 aromatic rings. The summed E-state index contributed by atoms with van der Waals surface area (Å²) >= 11 is 1.72. The molecule has 3 nitrogen and oxygen atoms in total. The molecule has 0 bridgehead atoms. The van der Waals surface area contributed by atoms with Gasteiger partial charge in [-0.05, 0) is 47.5 Å². The summed E-state index contributed by atoms with van der Waals surface area (Å²) in [6.45, 7) is 2.83. The number of hydrogen-bond donors (Lipinski definition) is 2. The Morgan fingerprint density at radius 1 is 1.35 bits per heavy atom. The van der Waals surface area contributed by atoms with Gasteiger partial charge in [-0.15, -0.1) is 0 Å².